The Hall–Kier alpha value is -3.35. The van der Waals surface area contributed by atoms with E-state index >= 15 is 0 Å². The van der Waals surface area contributed by atoms with E-state index in [9.17, 15) is 14.4 Å². The molecule has 0 aliphatic rings. The van der Waals surface area contributed by atoms with Crippen molar-refractivity contribution in [1.29, 1.82) is 0 Å². The number of carbonyl (C=O) groups is 3. The normalized spacial score (nSPS) is 10.9. The highest BCUT2D eigenvalue weighted by atomic mass is 16.5. The zero-order chi connectivity index (χ0) is 23.1. The first-order valence-electron chi connectivity index (χ1n) is 10.5. The van der Waals surface area contributed by atoms with Gasteiger partial charge in [0.2, 0.25) is 5.91 Å². The van der Waals surface area contributed by atoms with Crippen molar-refractivity contribution in [3.8, 4) is 0 Å². The van der Waals surface area contributed by atoms with Gasteiger partial charge in [-0.1, -0.05) is 6.07 Å². The molecule has 0 saturated carbocycles. The summed E-state index contributed by atoms with van der Waals surface area (Å²) in [6.45, 7) is 12.8. The molecule has 0 radical (unpaired) electrons. The number of hydrogen-bond acceptors (Lipinski definition) is 4. The topological polar surface area (TPSA) is 89.4 Å². The zero-order valence-corrected chi connectivity index (χ0v) is 19.1. The lowest BCUT2D eigenvalue weighted by Crippen LogP contribution is -2.23. The predicted octanol–water partition coefficient (Wildman–Crippen LogP) is 4.01. The summed E-state index contributed by atoms with van der Waals surface area (Å²) in [6, 6.07) is 5.16. The molecule has 2 amide bonds. The smallest absolute Gasteiger partial charge is 0.340 e. The number of esters is 1. The number of ether oxygens (including phenoxy) is 1. The van der Waals surface area contributed by atoms with Gasteiger partial charge in [0.1, 0.15) is 0 Å². The van der Waals surface area contributed by atoms with Gasteiger partial charge in [-0.2, -0.15) is 0 Å². The predicted molar refractivity (Wildman–Crippen MR) is 122 cm³/mol. The number of aromatic nitrogens is 1. The lowest BCUT2D eigenvalue weighted by molar-refractivity contribution is -0.111. The molecule has 31 heavy (non-hydrogen) atoms. The minimum atomic E-state index is -0.402. The van der Waals surface area contributed by atoms with Crippen LogP contribution in [-0.4, -0.2) is 35.5 Å². The van der Waals surface area contributed by atoms with Gasteiger partial charge < -0.3 is 19.9 Å². The lowest BCUT2D eigenvalue weighted by Gasteiger charge is -2.09. The first kappa shape index (κ1) is 23.9. The van der Waals surface area contributed by atoms with Crippen molar-refractivity contribution in [3.63, 3.8) is 0 Å². The molecule has 166 valence electrons. The number of hydrogen-bond donors (Lipinski definition) is 2. The third kappa shape index (κ3) is 5.42. The molecule has 7 heteroatoms. The Bertz CT molecular complexity index is 1020. The molecule has 7 nitrogen and oxygen atoms in total. The number of nitrogens with zero attached hydrogens (tertiary/aromatic N) is 1. The Morgan fingerprint density at radius 3 is 2.39 bits per heavy atom. The van der Waals surface area contributed by atoms with E-state index in [0.29, 0.717) is 35.5 Å². The molecule has 2 aromatic rings. The van der Waals surface area contributed by atoms with Gasteiger partial charge >= 0.3 is 5.97 Å². The largest absolute Gasteiger partial charge is 0.462 e. The van der Waals surface area contributed by atoms with E-state index in [1.54, 1.807) is 31.2 Å². The van der Waals surface area contributed by atoms with Crippen LogP contribution in [0.2, 0.25) is 0 Å². The summed E-state index contributed by atoms with van der Waals surface area (Å²) in [5.41, 5.74) is 4.71. The highest BCUT2D eigenvalue weighted by Crippen LogP contribution is 2.25. The number of amides is 2. The highest BCUT2D eigenvalue weighted by Gasteiger charge is 2.22. The maximum Gasteiger partial charge on any atom is 0.340 e. The molecular weight excluding hydrogens is 394 g/mol. The van der Waals surface area contributed by atoms with Crippen LogP contribution in [0.3, 0.4) is 0 Å². The van der Waals surface area contributed by atoms with Crippen LogP contribution >= 0.6 is 0 Å². The maximum atomic E-state index is 12.6. The molecule has 1 heterocycles. The number of carbonyl (C=O) groups excluding carboxylic acids is 3. The fraction of sp³-hybridized carbons (Fsp3) is 0.375. The molecule has 2 N–H and O–H groups in total. The molecule has 1 aromatic heterocycles. The van der Waals surface area contributed by atoms with Crippen LogP contribution in [0.25, 0.3) is 6.08 Å². The zero-order valence-electron chi connectivity index (χ0n) is 19.1. The standard InChI is InChI=1S/C24H31N3O4/c1-7-25-23(29)18-11-10-15(4)20(14-18)26-21(28)13-12-19-16(5)27(8-2)17(6)22(19)24(30)31-9-3/h10-14H,7-9H2,1-6H3,(H,25,29)(H,26,28)/b13-12+. The van der Waals surface area contributed by atoms with Crippen molar-refractivity contribution in [2.45, 2.75) is 48.1 Å². The molecule has 0 atom stereocenters. The average Bonchev–Trinajstić information content (AvgIpc) is 2.97. The Labute approximate surface area is 183 Å². The summed E-state index contributed by atoms with van der Waals surface area (Å²) in [5, 5.41) is 5.56. The second kappa shape index (κ2) is 10.6. The number of anilines is 1. The first-order valence-corrected chi connectivity index (χ1v) is 10.5. The first-order chi connectivity index (χ1) is 14.7. The van der Waals surface area contributed by atoms with Crippen molar-refractivity contribution in [2.75, 3.05) is 18.5 Å². The molecule has 0 aliphatic carbocycles. The minimum absolute atomic E-state index is 0.195. The van der Waals surface area contributed by atoms with Crippen LogP contribution in [0, 0.1) is 20.8 Å². The average molecular weight is 426 g/mol. The fourth-order valence-corrected chi connectivity index (χ4v) is 3.54. The molecule has 0 fully saturated rings. The number of nitrogens with one attached hydrogen (secondary N) is 2. The maximum absolute atomic E-state index is 12.6. The Morgan fingerprint density at radius 1 is 1.06 bits per heavy atom. The molecule has 0 unspecified atom stereocenters. The summed E-state index contributed by atoms with van der Waals surface area (Å²) in [6.07, 6.45) is 3.03. The quantitative estimate of drug-likeness (QED) is 0.494. The van der Waals surface area contributed by atoms with Gasteiger partial charge in [0.25, 0.3) is 5.91 Å². The van der Waals surface area contributed by atoms with Crippen molar-refractivity contribution in [1.82, 2.24) is 9.88 Å². The number of benzene rings is 1. The highest BCUT2D eigenvalue weighted by molar-refractivity contribution is 6.05. The molecular formula is C24H31N3O4. The van der Waals surface area contributed by atoms with Crippen molar-refractivity contribution in [2.24, 2.45) is 0 Å². The van der Waals surface area contributed by atoms with Gasteiger partial charge in [-0.25, -0.2) is 4.79 Å². The van der Waals surface area contributed by atoms with Crippen LogP contribution in [0.5, 0.6) is 0 Å². The second-order valence-corrected chi connectivity index (χ2v) is 7.14. The summed E-state index contributed by atoms with van der Waals surface area (Å²) in [7, 11) is 0. The van der Waals surface area contributed by atoms with Gasteiger partial charge in [0.15, 0.2) is 0 Å². The molecule has 1 aromatic carbocycles. The molecule has 0 bridgehead atoms. The Morgan fingerprint density at radius 2 is 1.77 bits per heavy atom. The summed E-state index contributed by atoms with van der Waals surface area (Å²) < 4.78 is 7.23. The van der Waals surface area contributed by atoms with Crippen molar-refractivity contribution < 1.29 is 19.1 Å². The monoisotopic (exact) mass is 425 g/mol. The van der Waals surface area contributed by atoms with E-state index in [0.717, 1.165) is 17.0 Å². The van der Waals surface area contributed by atoms with Crippen LogP contribution in [0.1, 0.15) is 64.0 Å². The third-order valence-corrected chi connectivity index (χ3v) is 5.12. The van der Waals surface area contributed by atoms with Gasteiger partial charge in [-0.3, -0.25) is 9.59 Å². The summed E-state index contributed by atoms with van der Waals surface area (Å²) in [5.74, 6) is -0.951. The van der Waals surface area contributed by atoms with E-state index < -0.39 is 5.97 Å². The molecule has 0 saturated heterocycles. The van der Waals surface area contributed by atoms with E-state index in [1.807, 2.05) is 39.2 Å². The lowest BCUT2D eigenvalue weighted by atomic mass is 10.1. The Kier molecular flexibility index (Phi) is 8.19. The SMILES string of the molecule is CCNC(=O)c1ccc(C)c(NC(=O)/C=C/c2c(C(=O)OCC)c(C)n(CC)c2C)c1. The summed E-state index contributed by atoms with van der Waals surface area (Å²) in [4.78, 5) is 37.2. The van der Waals surface area contributed by atoms with Gasteiger partial charge in [0, 0.05) is 47.4 Å². The molecule has 0 spiro atoms. The van der Waals surface area contributed by atoms with E-state index in [1.165, 1.54) is 6.08 Å². The van der Waals surface area contributed by atoms with Crippen LogP contribution in [-0.2, 0) is 16.1 Å². The molecule has 0 aliphatic heterocycles. The molecule has 2 rings (SSSR count). The number of aryl methyl sites for hydroxylation is 1. The van der Waals surface area contributed by atoms with Gasteiger partial charge in [0.05, 0.1) is 12.2 Å². The van der Waals surface area contributed by atoms with Crippen molar-refractivity contribution >= 4 is 29.5 Å². The van der Waals surface area contributed by atoms with Crippen LogP contribution < -0.4 is 10.6 Å². The van der Waals surface area contributed by atoms with E-state index in [2.05, 4.69) is 10.6 Å². The van der Waals surface area contributed by atoms with Crippen LogP contribution in [0.15, 0.2) is 24.3 Å². The number of rotatable bonds is 8. The van der Waals surface area contributed by atoms with E-state index in [-0.39, 0.29) is 18.4 Å². The second-order valence-electron chi connectivity index (χ2n) is 7.14. The van der Waals surface area contributed by atoms with Crippen molar-refractivity contribution in [3.05, 3.63) is 57.9 Å². The third-order valence-electron chi connectivity index (χ3n) is 5.12. The van der Waals surface area contributed by atoms with E-state index in [4.69, 9.17) is 4.74 Å². The fourth-order valence-electron chi connectivity index (χ4n) is 3.54. The minimum Gasteiger partial charge on any atom is -0.462 e. The van der Waals surface area contributed by atoms with Crippen LogP contribution in [0.4, 0.5) is 5.69 Å². The summed E-state index contributed by atoms with van der Waals surface area (Å²) >= 11 is 0. The van der Waals surface area contributed by atoms with Gasteiger partial charge in [-0.15, -0.1) is 0 Å². The van der Waals surface area contributed by atoms with Gasteiger partial charge in [-0.05, 0) is 65.3 Å². The Balaban J connectivity index is 2.31.